The van der Waals surface area contributed by atoms with Crippen molar-refractivity contribution in [1.29, 1.82) is 0 Å². The Hall–Kier alpha value is -1.35. The van der Waals surface area contributed by atoms with Crippen LogP contribution in [0.15, 0.2) is 6.07 Å². The van der Waals surface area contributed by atoms with Crippen molar-refractivity contribution in [1.82, 2.24) is 4.90 Å². The van der Waals surface area contributed by atoms with Crippen LogP contribution in [0.5, 0.6) is 5.75 Å². The molecular weight excluding hydrogens is 344 g/mol. The number of fused-ring (bicyclic) bond motifs is 1. The average molecular weight is 370 g/mol. The van der Waals surface area contributed by atoms with Crippen LogP contribution in [0.4, 0.5) is 5.69 Å². The standard InChI is InChI=1S/C17H26N2O5S/c1-11-12(2)15-13(10-14(11)18(5)25(20,21)22)17(3,4)16(24-15)19-6-8-23-9-7-19/h10,16H,6-9H2,1-5H3,(H,20,21,22). The summed E-state index contributed by atoms with van der Waals surface area (Å²) in [5, 5.41) is 0. The van der Waals surface area contributed by atoms with E-state index >= 15 is 0 Å². The van der Waals surface area contributed by atoms with E-state index in [0.29, 0.717) is 18.9 Å². The molecule has 140 valence electrons. The number of nitrogens with zero attached hydrogens (tertiary/aromatic N) is 2. The van der Waals surface area contributed by atoms with Gasteiger partial charge in [-0.1, -0.05) is 13.8 Å². The fourth-order valence-corrected chi connectivity index (χ4v) is 4.13. The van der Waals surface area contributed by atoms with Gasteiger partial charge in [0.05, 0.1) is 18.9 Å². The highest BCUT2D eigenvalue weighted by molar-refractivity contribution is 7.87. The lowest BCUT2D eigenvalue weighted by molar-refractivity contribution is -0.0614. The molecule has 0 amide bonds. The Bertz CT molecular complexity index is 785. The second-order valence-corrected chi connectivity index (χ2v) is 8.75. The van der Waals surface area contributed by atoms with Crippen LogP contribution < -0.4 is 9.04 Å². The highest BCUT2D eigenvalue weighted by Crippen LogP contribution is 2.49. The maximum Gasteiger partial charge on any atom is 0.359 e. The summed E-state index contributed by atoms with van der Waals surface area (Å²) in [5.41, 5.74) is 2.78. The molecule has 0 aliphatic carbocycles. The van der Waals surface area contributed by atoms with E-state index in [1.165, 1.54) is 7.05 Å². The molecule has 1 aromatic rings. The minimum Gasteiger partial charge on any atom is -0.474 e. The number of hydrogen-bond donors (Lipinski definition) is 1. The molecular formula is C17H26N2O5S. The third-order valence-corrected chi connectivity index (χ3v) is 6.31. The molecule has 0 bridgehead atoms. The number of ether oxygens (including phenoxy) is 2. The van der Waals surface area contributed by atoms with Gasteiger partial charge in [0.15, 0.2) is 6.23 Å². The van der Waals surface area contributed by atoms with Crippen LogP contribution in [0, 0.1) is 13.8 Å². The maximum atomic E-state index is 11.6. The summed E-state index contributed by atoms with van der Waals surface area (Å²) in [7, 11) is -2.97. The zero-order valence-electron chi connectivity index (χ0n) is 15.4. The molecule has 25 heavy (non-hydrogen) atoms. The van der Waals surface area contributed by atoms with E-state index < -0.39 is 10.3 Å². The lowest BCUT2D eigenvalue weighted by atomic mass is 9.82. The van der Waals surface area contributed by atoms with Gasteiger partial charge in [0.25, 0.3) is 0 Å². The van der Waals surface area contributed by atoms with E-state index in [-0.39, 0.29) is 11.6 Å². The summed E-state index contributed by atoms with van der Waals surface area (Å²) in [5.74, 6) is 0.812. The second-order valence-electron chi connectivity index (χ2n) is 7.31. The molecule has 1 atom stereocenters. The quantitative estimate of drug-likeness (QED) is 0.819. The molecule has 2 heterocycles. The van der Waals surface area contributed by atoms with Crippen LogP contribution in [-0.2, 0) is 20.5 Å². The summed E-state index contributed by atoms with van der Waals surface area (Å²) in [6.07, 6.45) is -0.129. The summed E-state index contributed by atoms with van der Waals surface area (Å²) >= 11 is 0. The van der Waals surface area contributed by atoms with Gasteiger partial charge in [-0.15, -0.1) is 0 Å². The number of morpholine rings is 1. The number of hydrogen-bond acceptors (Lipinski definition) is 5. The van der Waals surface area contributed by atoms with Crippen LogP contribution in [-0.4, -0.2) is 57.4 Å². The van der Waals surface area contributed by atoms with E-state index in [9.17, 15) is 13.0 Å². The van der Waals surface area contributed by atoms with Crippen molar-refractivity contribution in [3.05, 3.63) is 22.8 Å². The Morgan fingerprint density at radius 3 is 2.40 bits per heavy atom. The normalized spacial score (nSPS) is 23.2. The predicted octanol–water partition coefficient (Wildman–Crippen LogP) is 1.87. The summed E-state index contributed by atoms with van der Waals surface area (Å²) in [6.45, 7) is 10.9. The van der Waals surface area contributed by atoms with Gasteiger partial charge in [0.2, 0.25) is 0 Å². The highest BCUT2D eigenvalue weighted by Gasteiger charge is 2.46. The first-order valence-electron chi connectivity index (χ1n) is 8.39. The summed E-state index contributed by atoms with van der Waals surface area (Å²) < 4.78 is 45.3. The molecule has 1 saturated heterocycles. The monoisotopic (exact) mass is 370 g/mol. The van der Waals surface area contributed by atoms with Crippen molar-refractivity contribution in [3.8, 4) is 5.75 Å². The summed E-state index contributed by atoms with van der Waals surface area (Å²) in [4.78, 5) is 2.27. The summed E-state index contributed by atoms with van der Waals surface area (Å²) in [6, 6.07) is 1.83. The van der Waals surface area contributed by atoms with Crippen LogP contribution >= 0.6 is 0 Å². The molecule has 1 N–H and O–H groups in total. The highest BCUT2D eigenvalue weighted by atomic mass is 32.2. The Kier molecular flexibility index (Phi) is 4.51. The van der Waals surface area contributed by atoms with Gasteiger partial charge in [-0.25, -0.2) is 0 Å². The van der Waals surface area contributed by atoms with Crippen LogP contribution in [0.3, 0.4) is 0 Å². The van der Waals surface area contributed by atoms with Crippen molar-refractivity contribution >= 4 is 16.0 Å². The van der Waals surface area contributed by atoms with Gasteiger partial charge in [-0.2, -0.15) is 8.42 Å². The van der Waals surface area contributed by atoms with Crippen molar-refractivity contribution in [2.24, 2.45) is 0 Å². The minimum atomic E-state index is -4.32. The maximum absolute atomic E-state index is 11.6. The second kappa shape index (κ2) is 6.12. The third-order valence-electron chi connectivity index (χ3n) is 5.42. The smallest absolute Gasteiger partial charge is 0.359 e. The van der Waals surface area contributed by atoms with Crippen molar-refractivity contribution in [2.75, 3.05) is 37.7 Å². The van der Waals surface area contributed by atoms with Gasteiger partial charge in [0.1, 0.15) is 5.75 Å². The van der Waals surface area contributed by atoms with Gasteiger partial charge in [0, 0.05) is 31.1 Å². The molecule has 1 fully saturated rings. The topological polar surface area (TPSA) is 79.3 Å². The fraction of sp³-hybridized carbons (Fsp3) is 0.647. The van der Waals surface area contributed by atoms with Gasteiger partial charge in [-0.3, -0.25) is 13.8 Å². The largest absolute Gasteiger partial charge is 0.474 e. The Balaban J connectivity index is 2.07. The molecule has 2 aliphatic heterocycles. The molecule has 0 spiro atoms. The molecule has 2 aliphatic rings. The lowest BCUT2D eigenvalue weighted by Gasteiger charge is -2.38. The first kappa shape index (κ1) is 18.4. The van der Waals surface area contributed by atoms with E-state index in [1.807, 2.05) is 19.9 Å². The third kappa shape index (κ3) is 3.01. The SMILES string of the molecule is Cc1c(N(C)S(=O)(=O)O)cc2c(c1C)OC(N1CCOCC1)C2(C)C. The first-order chi connectivity index (χ1) is 11.5. The number of benzene rings is 1. The van der Waals surface area contributed by atoms with Crippen molar-refractivity contribution in [3.63, 3.8) is 0 Å². The van der Waals surface area contributed by atoms with Gasteiger partial charge in [-0.05, 0) is 31.0 Å². The molecule has 7 nitrogen and oxygen atoms in total. The van der Waals surface area contributed by atoms with E-state index in [2.05, 4.69) is 18.7 Å². The number of anilines is 1. The zero-order chi connectivity index (χ0) is 18.6. The Morgan fingerprint density at radius 2 is 1.84 bits per heavy atom. The zero-order valence-corrected chi connectivity index (χ0v) is 16.2. The molecule has 1 aromatic carbocycles. The molecule has 8 heteroatoms. The fourth-order valence-electron chi connectivity index (χ4n) is 3.69. The van der Waals surface area contributed by atoms with Gasteiger partial charge >= 0.3 is 10.3 Å². The van der Waals surface area contributed by atoms with Crippen molar-refractivity contribution in [2.45, 2.75) is 39.3 Å². The Morgan fingerprint density at radius 1 is 1.24 bits per heavy atom. The number of rotatable bonds is 3. The van der Waals surface area contributed by atoms with Crippen LogP contribution in [0.25, 0.3) is 0 Å². The van der Waals surface area contributed by atoms with Crippen molar-refractivity contribution < 1.29 is 22.4 Å². The van der Waals surface area contributed by atoms with Crippen LogP contribution in [0.2, 0.25) is 0 Å². The first-order valence-corrected chi connectivity index (χ1v) is 9.79. The predicted molar refractivity (Wildman–Crippen MR) is 95.7 cm³/mol. The Labute approximate surface area is 149 Å². The lowest BCUT2D eigenvalue weighted by Crippen LogP contribution is -2.52. The molecule has 0 saturated carbocycles. The average Bonchev–Trinajstić information content (AvgIpc) is 2.81. The molecule has 0 aromatic heterocycles. The van der Waals surface area contributed by atoms with E-state index in [4.69, 9.17) is 9.47 Å². The van der Waals surface area contributed by atoms with Gasteiger partial charge < -0.3 is 9.47 Å². The van der Waals surface area contributed by atoms with E-state index in [0.717, 1.165) is 39.8 Å². The molecule has 0 radical (unpaired) electrons. The van der Waals surface area contributed by atoms with Crippen LogP contribution in [0.1, 0.15) is 30.5 Å². The molecule has 1 unspecified atom stereocenters. The molecule has 3 rings (SSSR count). The van der Waals surface area contributed by atoms with E-state index in [1.54, 1.807) is 0 Å². The minimum absolute atomic E-state index is 0.129.